The molecule has 3 atom stereocenters. The third kappa shape index (κ3) is 4.23. The van der Waals surface area contributed by atoms with Gasteiger partial charge in [0.1, 0.15) is 0 Å². The Morgan fingerprint density at radius 3 is 1.74 bits per heavy atom. The van der Waals surface area contributed by atoms with Gasteiger partial charge in [0.15, 0.2) is 0 Å². The largest absolute Gasteiger partial charge is 0.310 e. The standard InChI is InChI=1S/C32H38N2/c1-5-13-25(14-6-1)24-33-30-23-32(34-19-11-4-12-20-34)21-28(26-15-7-2-8-16-26)31(30)29(22-32)27-17-9-3-10-18-27/h1-3,5-10,13-18,28-31,33H,4,11-12,19-24H2. The summed E-state index contributed by atoms with van der Waals surface area (Å²) in [4.78, 5) is 2.93. The molecule has 2 heteroatoms. The number of fused-ring (bicyclic) bond motifs is 3. The first-order valence-electron chi connectivity index (χ1n) is 13.4. The van der Waals surface area contributed by atoms with Gasteiger partial charge in [0.25, 0.3) is 0 Å². The van der Waals surface area contributed by atoms with Gasteiger partial charge in [-0.3, -0.25) is 4.90 Å². The first-order chi connectivity index (χ1) is 16.8. The predicted octanol–water partition coefficient (Wildman–Crippen LogP) is 6.75. The van der Waals surface area contributed by atoms with Crippen LogP contribution < -0.4 is 5.32 Å². The van der Waals surface area contributed by atoms with E-state index in [1.165, 1.54) is 57.2 Å². The number of hydrogen-bond acceptors (Lipinski definition) is 2. The maximum Gasteiger partial charge on any atom is 0.0236 e. The minimum Gasteiger partial charge on any atom is -0.310 e. The molecule has 2 nitrogen and oxygen atoms in total. The van der Waals surface area contributed by atoms with Crippen molar-refractivity contribution in [1.82, 2.24) is 10.2 Å². The van der Waals surface area contributed by atoms with Crippen molar-refractivity contribution in [3.63, 3.8) is 0 Å². The molecule has 0 radical (unpaired) electrons. The van der Waals surface area contributed by atoms with E-state index in [1.807, 2.05) is 0 Å². The van der Waals surface area contributed by atoms with Crippen LogP contribution in [0.25, 0.3) is 0 Å². The van der Waals surface area contributed by atoms with E-state index in [4.69, 9.17) is 0 Å². The smallest absolute Gasteiger partial charge is 0.0236 e. The fraction of sp³-hybridized carbons (Fsp3) is 0.438. The second-order valence-corrected chi connectivity index (χ2v) is 11.0. The highest BCUT2D eigenvalue weighted by Crippen LogP contribution is 2.60. The van der Waals surface area contributed by atoms with E-state index in [0.717, 1.165) is 6.54 Å². The molecule has 3 aromatic carbocycles. The summed E-state index contributed by atoms with van der Waals surface area (Å²) < 4.78 is 0. The normalized spacial score (nSPS) is 31.4. The Kier molecular flexibility index (Phi) is 6.28. The van der Waals surface area contributed by atoms with Crippen LogP contribution in [0.2, 0.25) is 0 Å². The lowest BCUT2D eigenvalue weighted by Gasteiger charge is -2.63. The summed E-state index contributed by atoms with van der Waals surface area (Å²) in [6, 6.07) is 34.4. The zero-order valence-electron chi connectivity index (χ0n) is 20.3. The van der Waals surface area contributed by atoms with Crippen LogP contribution in [0.4, 0.5) is 0 Å². The summed E-state index contributed by atoms with van der Waals surface area (Å²) in [7, 11) is 0. The number of rotatable bonds is 6. The lowest BCUT2D eigenvalue weighted by molar-refractivity contribution is -0.0627. The van der Waals surface area contributed by atoms with Crippen LogP contribution in [0.15, 0.2) is 91.0 Å². The Balaban J connectivity index is 1.40. The van der Waals surface area contributed by atoms with Gasteiger partial charge in [0, 0.05) is 18.1 Å². The van der Waals surface area contributed by atoms with Crippen LogP contribution in [-0.2, 0) is 6.54 Å². The Morgan fingerprint density at radius 2 is 1.18 bits per heavy atom. The Bertz CT molecular complexity index is 993. The molecule has 0 amide bonds. The molecular formula is C32H38N2. The maximum absolute atomic E-state index is 4.11. The Hall–Kier alpha value is -2.42. The zero-order valence-corrected chi connectivity index (χ0v) is 20.3. The third-order valence-corrected chi connectivity index (χ3v) is 9.09. The molecule has 4 fully saturated rings. The molecule has 1 aliphatic heterocycles. The highest BCUT2D eigenvalue weighted by molar-refractivity contribution is 5.33. The van der Waals surface area contributed by atoms with Crippen molar-refractivity contribution in [1.29, 1.82) is 0 Å². The minimum atomic E-state index is 0.296. The fourth-order valence-corrected chi connectivity index (χ4v) is 7.62. The topological polar surface area (TPSA) is 15.3 Å². The van der Waals surface area contributed by atoms with Crippen molar-refractivity contribution in [3.8, 4) is 0 Å². The molecular weight excluding hydrogens is 412 g/mol. The summed E-state index contributed by atoms with van der Waals surface area (Å²) in [6.45, 7) is 3.51. The van der Waals surface area contributed by atoms with Crippen LogP contribution in [0.5, 0.6) is 0 Å². The SMILES string of the molecule is c1ccc(CNC2CC3(N4CCCCC4)CC(c4ccccc4)C2C(c2ccccc2)C3)cc1. The van der Waals surface area contributed by atoms with Crippen molar-refractivity contribution in [2.75, 3.05) is 13.1 Å². The molecule has 3 unspecified atom stereocenters. The average Bonchev–Trinajstić information content (AvgIpc) is 2.94. The van der Waals surface area contributed by atoms with Gasteiger partial charge in [-0.15, -0.1) is 0 Å². The molecule has 0 aromatic heterocycles. The monoisotopic (exact) mass is 450 g/mol. The molecule has 7 rings (SSSR count). The minimum absolute atomic E-state index is 0.296. The van der Waals surface area contributed by atoms with Gasteiger partial charge in [0.2, 0.25) is 0 Å². The Morgan fingerprint density at radius 1 is 0.647 bits per heavy atom. The van der Waals surface area contributed by atoms with E-state index in [-0.39, 0.29) is 0 Å². The molecule has 3 saturated carbocycles. The Labute approximate surface area is 205 Å². The second kappa shape index (κ2) is 9.68. The van der Waals surface area contributed by atoms with Gasteiger partial charge in [-0.2, -0.15) is 0 Å². The average molecular weight is 451 g/mol. The summed E-state index contributed by atoms with van der Waals surface area (Å²) >= 11 is 0. The van der Waals surface area contributed by atoms with Crippen LogP contribution in [0.3, 0.4) is 0 Å². The number of benzene rings is 3. The van der Waals surface area contributed by atoms with Crippen molar-refractivity contribution >= 4 is 0 Å². The molecule has 2 bridgehead atoms. The first-order valence-corrected chi connectivity index (χ1v) is 13.4. The molecule has 4 aliphatic rings. The van der Waals surface area contributed by atoms with E-state index in [0.29, 0.717) is 29.3 Å². The van der Waals surface area contributed by atoms with Crippen molar-refractivity contribution in [3.05, 3.63) is 108 Å². The van der Waals surface area contributed by atoms with Crippen molar-refractivity contribution in [2.24, 2.45) is 5.92 Å². The van der Waals surface area contributed by atoms with E-state index >= 15 is 0 Å². The number of hydrogen-bond donors (Lipinski definition) is 1. The van der Waals surface area contributed by atoms with Crippen LogP contribution in [0.1, 0.15) is 67.1 Å². The van der Waals surface area contributed by atoms with Gasteiger partial charge in [-0.05, 0) is 79.6 Å². The maximum atomic E-state index is 4.11. The number of nitrogens with zero attached hydrogens (tertiary/aromatic N) is 1. The molecule has 1 heterocycles. The van der Waals surface area contributed by atoms with Gasteiger partial charge < -0.3 is 5.32 Å². The number of nitrogens with one attached hydrogen (secondary N) is 1. The zero-order chi connectivity index (χ0) is 22.8. The molecule has 0 spiro atoms. The summed E-state index contributed by atoms with van der Waals surface area (Å²) in [5.74, 6) is 1.83. The summed E-state index contributed by atoms with van der Waals surface area (Å²) in [6.07, 6.45) is 8.04. The number of piperidine rings is 1. The number of likely N-dealkylation sites (tertiary alicyclic amines) is 1. The van der Waals surface area contributed by atoms with Gasteiger partial charge in [0.05, 0.1) is 0 Å². The van der Waals surface area contributed by atoms with Crippen molar-refractivity contribution in [2.45, 2.75) is 68.5 Å². The van der Waals surface area contributed by atoms with Crippen molar-refractivity contribution < 1.29 is 0 Å². The highest BCUT2D eigenvalue weighted by Gasteiger charge is 2.57. The highest BCUT2D eigenvalue weighted by atomic mass is 15.2. The van der Waals surface area contributed by atoms with Crippen LogP contribution in [-0.4, -0.2) is 29.6 Å². The molecule has 3 aromatic rings. The quantitative estimate of drug-likeness (QED) is 0.447. The molecule has 34 heavy (non-hydrogen) atoms. The lowest BCUT2D eigenvalue weighted by Crippen LogP contribution is -2.65. The van der Waals surface area contributed by atoms with Crippen LogP contribution in [0, 0.1) is 5.92 Å². The summed E-state index contributed by atoms with van der Waals surface area (Å²) in [5, 5.41) is 4.11. The van der Waals surface area contributed by atoms with Gasteiger partial charge >= 0.3 is 0 Å². The third-order valence-electron chi connectivity index (χ3n) is 9.09. The van der Waals surface area contributed by atoms with E-state index in [1.54, 1.807) is 11.1 Å². The molecule has 1 N–H and O–H groups in total. The molecule has 3 aliphatic carbocycles. The van der Waals surface area contributed by atoms with E-state index in [2.05, 4.69) is 101 Å². The second-order valence-electron chi connectivity index (χ2n) is 11.0. The first kappa shape index (κ1) is 22.1. The summed E-state index contributed by atoms with van der Waals surface area (Å²) in [5.41, 5.74) is 4.77. The lowest BCUT2D eigenvalue weighted by atomic mass is 9.51. The molecule has 1 saturated heterocycles. The van der Waals surface area contributed by atoms with Gasteiger partial charge in [-0.1, -0.05) is 97.4 Å². The fourth-order valence-electron chi connectivity index (χ4n) is 7.62. The van der Waals surface area contributed by atoms with Gasteiger partial charge in [-0.25, -0.2) is 0 Å². The van der Waals surface area contributed by atoms with Crippen LogP contribution >= 0.6 is 0 Å². The van der Waals surface area contributed by atoms with E-state index in [9.17, 15) is 0 Å². The molecule has 176 valence electrons. The van der Waals surface area contributed by atoms with E-state index < -0.39 is 0 Å². The predicted molar refractivity (Wildman–Crippen MR) is 141 cm³/mol.